The summed E-state index contributed by atoms with van der Waals surface area (Å²) in [7, 11) is -2.25. The number of aromatic amines is 1. The summed E-state index contributed by atoms with van der Waals surface area (Å²) in [6, 6.07) is 15.4. The first kappa shape index (κ1) is 19.9. The molecular formula is C22H17F2N3O2S. The van der Waals surface area contributed by atoms with Crippen LogP contribution >= 0.6 is 0 Å². The summed E-state index contributed by atoms with van der Waals surface area (Å²) in [5.74, 6) is -0.805. The molecule has 0 fully saturated rings. The van der Waals surface area contributed by atoms with Gasteiger partial charge in [-0.3, -0.25) is 0 Å². The number of sulfonamides is 1. The van der Waals surface area contributed by atoms with Crippen LogP contribution in [-0.4, -0.2) is 25.4 Å². The van der Waals surface area contributed by atoms with Gasteiger partial charge in [0, 0.05) is 11.6 Å². The fraction of sp³-hybridized carbons (Fsp3) is 0.0455. The maximum Gasteiger partial charge on any atom is 0.240 e. The number of halogens is 2. The van der Waals surface area contributed by atoms with Gasteiger partial charge < -0.3 is 4.98 Å². The third-order valence-electron chi connectivity index (χ3n) is 4.58. The Balaban J connectivity index is 1.71. The van der Waals surface area contributed by atoms with Crippen molar-refractivity contribution in [2.45, 2.75) is 4.90 Å². The van der Waals surface area contributed by atoms with E-state index in [9.17, 15) is 17.2 Å². The van der Waals surface area contributed by atoms with Gasteiger partial charge in [-0.2, -0.15) is 0 Å². The number of rotatable bonds is 5. The fourth-order valence-electron chi connectivity index (χ4n) is 3.17. The molecule has 152 valence electrons. The van der Waals surface area contributed by atoms with Gasteiger partial charge in [0.2, 0.25) is 10.0 Å². The summed E-state index contributed by atoms with van der Waals surface area (Å²) in [5.41, 5.74) is 3.03. The Morgan fingerprint density at radius 3 is 2.43 bits per heavy atom. The molecular weight excluding hydrogens is 408 g/mol. The van der Waals surface area contributed by atoms with Gasteiger partial charge in [-0.25, -0.2) is 26.9 Å². The van der Waals surface area contributed by atoms with Gasteiger partial charge >= 0.3 is 0 Å². The van der Waals surface area contributed by atoms with E-state index in [1.807, 2.05) is 6.07 Å². The van der Waals surface area contributed by atoms with Gasteiger partial charge in [-0.1, -0.05) is 30.3 Å². The molecule has 8 heteroatoms. The molecule has 1 aromatic heterocycles. The van der Waals surface area contributed by atoms with E-state index in [-0.39, 0.29) is 4.90 Å². The highest BCUT2D eigenvalue weighted by molar-refractivity contribution is 7.89. The number of hydrogen-bond donors (Lipinski definition) is 2. The summed E-state index contributed by atoms with van der Waals surface area (Å²) in [5, 5.41) is 0. The van der Waals surface area contributed by atoms with Crippen molar-refractivity contribution >= 4 is 33.2 Å². The number of nitrogens with zero attached hydrogens (tertiary/aromatic N) is 1. The lowest BCUT2D eigenvalue weighted by atomic mass is 10.1. The Labute approximate surface area is 172 Å². The minimum Gasteiger partial charge on any atom is -0.338 e. The van der Waals surface area contributed by atoms with Crippen molar-refractivity contribution < 1.29 is 17.2 Å². The molecule has 0 saturated heterocycles. The zero-order valence-corrected chi connectivity index (χ0v) is 16.7. The van der Waals surface area contributed by atoms with Crippen molar-refractivity contribution in [1.82, 2.24) is 14.7 Å². The van der Waals surface area contributed by atoms with Crippen LogP contribution in [0.3, 0.4) is 0 Å². The van der Waals surface area contributed by atoms with Crippen molar-refractivity contribution in [3.63, 3.8) is 0 Å². The number of aromatic nitrogens is 2. The van der Waals surface area contributed by atoms with E-state index < -0.39 is 21.7 Å². The number of nitrogens with one attached hydrogen (secondary N) is 2. The Kier molecular flexibility index (Phi) is 5.19. The SMILES string of the molecule is CNS(=O)(=O)c1ccccc1-c1ccc2nc(/C=C/c3cc(F)cc(F)c3)[nH]c2c1. The molecule has 0 aliphatic rings. The van der Waals surface area contributed by atoms with E-state index in [0.29, 0.717) is 33.5 Å². The largest absolute Gasteiger partial charge is 0.338 e. The summed E-state index contributed by atoms with van der Waals surface area (Å²) >= 11 is 0. The number of H-pyrrole nitrogens is 1. The van der Waals surface area contributed by atoms with Crippen molar-refractivity contribution in [3.05, 3.63) is 83.7 Å². The molecule has 1 heterocycles. The molecule has 0 bridgehead atoms. The van der Waals surface area contributed by atoms with Crippen LogP contribution in [0.4, 0.5) is 8.78 Å². The van der Waals surface area contributed by atoms with Gasteiger partial charge in [0.15, 0.2) is 0 Å². The average Bonchev–Trinajstić information content (AvgIpc) is 3.14. The highest BCUT2D eigenvalue weighted by Gasteiger charge is 2.17. The zero-order valence-electron chi connectivity index (χ0n) is 15.9. The van der Waals surface area contributed by atoms with E-state index in [2.05, 4.69) is 14.7 Å². The zero-order chi connectivity index (χ0) is 21.3. The van der Waals surface area contributed by atoms with E-state index in [1.54, 1.807) is 48.6 Å². The monoisotopic (exact) mass is 425 g/mol. The molecule has 0 amide bonds. The summed E-state index contributed by atoms with van der Waals surface area (Å²) in [6.07, 6.45) is 3.17. The normalized spacial score (nSPS) is 12.1. The molecule has 4 aromatic rings. The second kappa shape index (κ2) is 7.81. The minimum atomic E-state index is -3.62. The lowest BCUT2D eigenvalue weighted by Crippen LogP contribution is -2.19. The molecule has 0 atom stereocenters. The van der Waals surface area contributed by atoms with Crippen LogP contribution in [0.15, 0.2) is 65.6 Å². The lowest BCUT2D eigenvalue weighted by Gasteiger charge is -2.09. The van der Waals surface area contributed by atoms with E-state index in [4.69, 9.17) is 0 Å². The molecule has 0 unspecified atom stereocenters. The first-order valence-electron chi connectivity index (χ1n) is 9.02. The van der Waals surface area contributed by atoms with Crippen molar-refractivity contribution in [2.75, 3.05) is 7.05 Å². The average molecular weight is 425 g/mol. The Bertz CT molecular complexity index is 1360. The number of imidazole rings is 1. The van der Waals surface area contributed by atoms with E-state index >= 15 is 0 Å². The van der Waals surface area contributed by atoms with Crippen LogP contribution in [0.25, 0.3) is 34.3 Å². The minimum absolute atomic E-state index is 0.180. The number of hydrogen-bond acceptors (Lipinski definition) is 3. The standard InChI is InChI=1S/C22H17F2N3O2S/c1-25-30(28,29)21-5-3-2-4-18(21)15-7-8-19-20(12-15)27-22(26-19)9-6-14-10-16(23)13-17(24)11-14/h2-13,25H,1H3,(H,26,27)/b9-6+. The molecule has 0 aliphatic carbocycles. The quantitative estimate of drug-likeness (QED) is 0.491. The van der Waals surface area contributed by atoms with Crippen molar-refractivity contribution in [3.8, 4) is 11.1 Å². The highest BCUT2D eigenvalue weighted by atomic mass is 32.2. The smallest absolute Gasteiger partial charge is 0.240 e. The van der Waals surface area contributed by atoms with Gasteiger partial charge in [-0.05, 0) is 54.6 Å². The molecule has 30 heavy (non-hydrogen) atoms. The summed E-state index contributed by atoms with van der Waals surface area (Å²) in [4.78, 5) is 7.74. The van der Waals surface area contributed by atoms with Crippen LogP contribution in [-0.2, 0) is 10.0 Å². The van der Waals surface area contributed by atoms with Gasteiger partial charge in [-0.15, -0.1) is 0 Å². The lowest BCUT2D eigenvalue weighted by molar-refractivity contribution is 0.582. The Morgan fingerprint density at radius 1 is 0.967 bits per heavy atom. The van der Waals surface area contributed by atoms with E-state index in [1.165, 1.54) is 19.2 Å². The predicted molar refractivity (Wildman–Crippen MR) is 113 cm³/mol. The fourth-order valence-corrected chi connectivity index (χ4v) is 4.12. The highest BCUT2D eigenvalue weighted by Crippen LogP contribution is 2.29. The van der Waals surface area contributed by atoms with Crippen LogP contribution in [0.1, 0.15) is 11.4 Å². The summed E-state index contributed by atoms with van der Waals surface area (Å²) in [6.45, 7) is 0. The van der Waals surface area contributed by atoms with Crippen LogP contribution in [0.5, 0.6) is 0 Å². The molecule has 0 saturated carbocycles. The maximum absolute atomic E-state index is 13.3. The van der Waals surface area contributed by atoms with E-state index in [0.717, 1.165) is 6.07 Å². The number of fused-ring (bicyclic) bond motifs is 1. The van der Waals surface area contributed by atoms with Gasteiger partial charge in [0.1, 0.15) is 17.5 Å². The predicted octanol–water partition coefficient (Wildman–Crippen LogP) is 4.59. The number of benzene rings is 3. The summed E-state index contributed by atoms with van der Waals surface area (Å²) < 4.78 is 53.7. The van der Waals surface area contributed by atoms with Gasteiger partial charge in [0.05, 0.1) is 15.9 Å². The molecule has 0 aliphatic heterocycles. The van der Waals surface area contributed by atoms with Crippen molar-refractivity contribution in [1.29, 1.82) is 0 Å². The van der Waals surface area contributed by atoms with Crippen LogP contribution in [0, 0.1) is 11.6 Å². The molecule has 3 aromatic carbocycles. The Morgan fingerprint density at radius 2 is 1.70 bits per heavy atom. The molecule has 2 N–H and O–H groups in total. The van der Waals surface area contributed by atoms with Crippen LogP contribution < -0.4 is 4.72 Å². The topological polar surface area (TPSA) is 74.8 Å². The molecule has 5 nitrogen and oxygen atoms in total. The molecule has 4 rings (SSSR count). The second-order valence-electron chi connectivity index (χ2n) is 6.59. The Hall–Kier alpha value is -3.36. The third kappa shape index (κ3) is 4.00. The maximum atomic E-state index is 13.3. The first-order valence-corrected chi connectivity index (χ1v) is 10.5. The van der Waals surface area contributed by atoms with Crippen molar-refractivity contribution in [2.24, 2.45) is 0 Å². The first-order chi connectivity index (χ1) is 14.4. The van der Waals surface area contributed by atoms with Crippen LogP contribution in [0.2, 0.25) is 0 Å². The third-order valence-corrected chi connectivity index (χ3v) is 6.05. The second-order valence-corrected chi connectivity index (χ2v) is 8.45. The molecule has 0 radical (unpaired) electrons. The molecule has 0 spiro atoms. The van der Waals surface area contributed by atoms with Gasteiger partial charge in [0.25, 0.3) is 0 Å².